The van der Waals surface area contributed by atoms with Gasteiger partial charge in [-0.05, 0) is 18.0 Å². The molecule has 0 saturated carbocycles. The van der Waals surface area contributed by atoms with Gasteiger partial charge in [-0.25, -0.2) is 0 Å². The van der Waals surface area contributed by atoms with Crippen LogP contribution in [0.1, 0.15) is 11.3 Å². The van der Waals surface area contributed by atoms with E-state index in [1.54, 1.807) is 24.7 Å². The van der Waals surface area contributed by atoms with Crippen molar-refractivity contribution in [3.8, 4) is 6.07 Å². The molecule has 0 aliphatic carbocycles. The molecule has 1 aromatic rings. The Labute approximate surface area is 69.5 Å². The van der Waals surface area contributed by atoms with Crippen LogP contribution >= 0.6 is 0 Å². The Bertz CT molecular complexity index is 389. The average molecular weight is 161 g/mol. The van der Waals surface area contributed by atoms with E-state index in [9.17, 15) is 0 Å². The van der Waals surface area contributed by atoms with Crippen molar-refractivity contribution >= 4 is 5.69 Å². The maximum atomic E-state index is 8.68. The van der Waals surface area contributed by atoms with Gasteiger partial charge in [0, 0.05) is 18.2 Å². The molecule has 12 heavy (non-hydrogen) atoms. The van der Waals surface area contributed by atoms with Gasteiger partial charge in [-0.1, -0.05) is 5.11 Å². The van der Waals surface area contributed by atoms with Crippen LogP contribution in [0.25, 0.3) is 10.4 Å². The Balaban J connectivity index is 3.38. The molecule has 0 fully saturated rings. The molecule has 0 aromatic carbocycles. The van der Waals surface area contributed by atoms with Gasteiger partial charge >= 0.3 is 0 Å². The summed E-state index contributed by atoms with van der Waals surface area (Å²) in [5, 5.41) is 12.1. The summed E-state index contributed by atoms with van der Waals surface area (Å²) < 4.78 is 1.64. The van der Waals surface area contributed by atoms with Gasteiger partial charge in [-0.3, -0.25) is 0 Å². The Morgan fingerprint density at radius 1 is 1.75 bits per heavy atom. The van der Waals surface area contributed by atoms with Crippen LogP contribution in [0.3, 0.4) is 0 Å². The standard InChI is InChI=1S/C7H7N5/c1-5-6(10-11-9)4-12(2)7(5)3-8/h4H,1-2H3. The number of rotatable bonds is 1. The first kappa shape index (κ1) is 8.18. The van der Waals surface area contributed by atoms with Gasteiger partial charge in [-0.15, -0.1) is 0 Å². The molecule has 0 bridgehead atoms. The largest absolute Gasteiger partial charge is 0.342 e. The molecule has 0 radical (unpaired) electrons. The summed E-state index contributed by atoms with van der Waals surface area (Å²) in [5.74, 6) is 0. The van der Waals surface area contributed by atoms with Crippen LogP contribution in [0.15, 0.2) is 11.3 Å². The Kier molecular flexibility index (Phi) is 2.04. The minimum Gasteiger partial charge on any atom is -0.342 e. The van der Waals surface area contributed by atoms with Crippen molar-refractivity contribution in [3.63, 3.8) is 0 Å². The minimum atomic E-state index is 0.511. The second kappa shape index (κ2) is 2.99. The minimum absolute atomic E-state index is 0.511. The van der Waals surface area contributed by atoms with Crippen molar-refractivity contribution < 1.29 is 0 Å². The monoisotopic (exact) mass is 161 g/mol. The van der Waals surface area contributed by atoms with Crippen LogP contribution in [-0.4, -0.2) is 4.57 Å². The second-order valence-corrected chi connectivity index (χ2v) is 2.40. The van der Waals surface area contributed by atoms with Gasteiger partial charge in [0.25, 0.3) is 0 Å². The summed E-state index contributed by atoms with van der Waals surface area (Å²) in [6, 6.07) is 2.02. The first-order valence-corrected chi connectivity index (χ1v) is 3.31. The summed E-state index contributed by atoms with van der Waals surface area (Å²) in [4.78, 5) is 2.66. The molecule has 0 spiro atoms. The molecule has 5 nitrogen and oxygen atoms in total. The van der Waals surface area contributed by atoms with Crippen molar-refractivity contribution in [1.82, 2.24) is 4.57 Å². The maximum absolute atomic E-state index is 8.68. The maximum Gasteiger partial charge on any atom is 0.123 e. The van der Waals surface area contributed by atoms with E-state index in [1.165, 1.54) is 0 Å². The number of hydrogen-bond acceptors (Lipinski definition) is 2. The first-order valence-electron chi connectivity index (χ1n) is 3.31. The third-order valence-electron chi connectivity index (χ3n) is 1.67. The molecule has 0 N–H and O–H groups in total. The molecular formula is C7H7N5. The Morgan fingerprint density at radius 3 is 2.83 bits per heavy atom. The molecule has 0 aliphatic heterocycles. The molecule has 0 amide bonds. The average Bonchev–Trinajstić information content (AvgIpc) is 2.29. The number of hydrogen-bond donors (Lipinski definition) is 0. The van der Waals surface area contributed by atoms with Gasteiger partial charge in [0.2, 0.25) is 0 Å². The molecule has 1 heterocycles. The number of nitriles is 1. The van der Waals surface area contributed by atoms with Crippen LogP contribution in [0.2, 0.25) is 0 Å². The zero-order valence-electron chi connectivity index (χ0n) is 6.81. The topological polar surface area (TPSA) is 77.5 Å². The van der Waals surface area contributed by atoms with E-state index >= 15 is 0 Å². The molecule has 1 aromatic heterocycles. The van der Waals surface area contributed by atoms with E-state index in [1.807, 2.05) is 6.07 Å². The summed E-state index contributed by atoms with van der Waals surface area (Å²) in [6.45, 7) is 1.75. The zero-order chi connectivity index (χ0) is 9.14. The number of aryl methyl sites for hydroxylation is 1. The third-order valence-corrected chi connectivity index (χ3v) is 1.67. The summed E-state index contributed by atoms with van der Waals surface area (Å²) in [7, 11) is 1.74. The van der Waals surface area contributed by atoms with E-state index in [0.717, 1.165) is 5.56 Å². The Hall–Kier alpha value is -1.92. The Morgan fingerprint density at radius 2 is 2.42 bits per heavy atom. The lowest BCUT2D eigenvalue weighted by Crippen LogP contribution is -1.89. The number of nitrogens with zero attached hydrogens (tertiary/aromatic N) is 5. The zero-order valence-corrected chi connectivity index (χ0v) is 6.81. The molecule has 0 aliphatic rings. The van der Waals surface area contributed by atoms with E-state index in [0.29, 0.717) is 11.4 Å². The smallest absolute Gasteiger partial charge is 0.123 e. The van der Waals surface area contributed by atoms with Gasteiger partial charge in [0.05, 0.1) is 5.69 Å². The molecule has 1 rings (SSSR count). The highest BCUT2D eigenvalue weighted by atomic mass is 15.1. The van der Waals surface area contributed by atoms with Crippen LogP contribution in [0.5, 0.6) is 0 Å². The van der Waals surface area contributed by atoms with Gasteiger partial charge < -0.3 is 4.57 Å². The van der Waals surface area contributed by atoms with Crippen LogP contribution < -0.4 is 0 Å². The lowest BCUT2D eigenvalue weighted by Gasteiger charge is -1.90. The van der Waals surface area contributed by atoms with E-state index in [-0.39, 0.29) is 0 Å². The second-order valence-electron chi connectivity index (χ2n) is 2.40. The van der Waals surface area contributed by atoms with Gasteiger partial charge in [-0.2, -0.15) is 5.26 Å². The van der Waals surface area contributed by atoms with E-state index in [2.05, 4.69) is 10.0 Å². The van der Waals surface area contributed by atoms with Gasteiger partial charge in [0.15, 0.2) is 0 Å². The molecule has 0 atom stereocenters. The third kappa shape index (κ3) is 1.11. The van der Waals surface area contributed by atoms with Crippen molar-refractivity contribution in [2.24, 2.45) is 12.2 Å². The molecule has 60 valence electrons. The molecule has 5 heteroatoms. The number of azide groups is 1. The van der Waals surface area contributed by atoms with E-state index in [4.69, 9.17) is 10.8 Å². The molecule has 0 saturated heterocycles. The van der Waals surface area contributed by atoms with Crippen LogP contribution in [0, 0.1) is 18.3 Å². The normalized spacial score (nSPS) is 8.75. The molecular weight excluding hydrogens is 154 g/mol. The van der Waals surface area contributed by atoms with E-state index < -0.39 is 0 Å². The summed E-state index contributed by atoms with van der Waals surface area (Å²) >= 11 is 0. The fourth-order valence-electron chi connectivity index (χ4n) is 1.04. The van der Waals surface area contributed by atoms with Crippen LogP contribution in [0.4, 0.5) is 5.69 Å². The van der Waals surface area contributed by atoms with Crippen LogP contribution in [-0.2, 0) is 7.05 Å². The highest BCUT2D eigenvalue weighted by molar-refractivity contribution is 5.51. The lowest BCUT2D eigenvalue weighted by atomic mass is 10.2. The fraction of sp³-hybridized carbons (Fsp3) is 0.286. The van der Waals surface area contributed by atoms with Crippen molar-refractivity contribution in [3.05, 3.63) is 27.9 Å². The number of aromatic nitrogens is 1. The summed E-state index contributed by atoms with van der Waals surface area (Å²) in [5.41, 5.74) is 9.94. The SMILES string of the molecule is Cc1c(N=[N+]=[N-])cn(C)c1C#N. The van der Waals surface area contributed by atoms with Crippen molar-refractivity contribution in [2.75, 3.05) is 0 Å². The highest BCUT2D eigenvalue weighted by Crippen LogP contribution is 2.22. The van der Waals surface area contributed by atoms with Crippen molar-refractivity contribution in [1.29, 1.82) is 5.26 Å². The predicted molar refractivity (Wildman–Crippen MR) is 43.7 cm³/mol. The predicted octanol–water partition coefficient (Wildman–Crippen LogP) is 2.15. The molecule has 0 unspecified atom stereocenters. The first-order chi connectivity index (χ1) is 5.70. The van der Waals surface area contributed by atoms with Gasteiger partial charge in [0.1, 0.15) is 11.8 Å². The lowest BCUT2D eigenvalue weighted by molar-refractivity contribution is 0.904. The summed E-state index contributed by atoms with van der Waals surface area (Å²) in [6.07, 6.45) is 1.63. The highest BCUT2D eigenvalue weighted by Gasteiger charge is 2.06. The fourth-order valence-corrected chi connectivity index (χ4v) is 1.04. The van der Waals surface area contributed by atoms with Crippen molar-refractivity contribution in [2.45, 2.75) is 6.92 Å². The quantitative estimate of drug-likeness (QED) is 0.353.